The summed E-state index contributed by atoms with van der Waals surface area (Å²) in [6, 6.07) is 12.8. The molecular formula is C17H20ClNO3. The average molecular weight is 322 g/mol. The molecule has 2 aromatic rings. The van der Waals surface area contributed by atoms with Crippen molar-refractivity contribution in [1.82, 2.24) is 0 Å². The molecule has 0 fully saturated rings. The predicted octanol–water partition coefficient (Wildman–Crippen LogP) is 4.17. The monoisotopic (exact) mass is 321 g/mol. The first-order valence-corrected chi connectivity index (χ1v) is 7.52. The Labute approximate surface area is 135 Å². The van der Waals surface area contributed by atoms with E-state index in [1.54, 1.807) is 19.2 Å². The van der Waals surface area contributed by atoms with Crippen LogP contribution in [-0.4, -0.2) is 20.3 Å². The van der Waals surface area contributed by atoms with Crippen LogP contribution in [0.5, 0.6) is 17.2 Å². The van der Waals surface area contributed by atoms with Crippen molar-refractivity contribution >= 4 is 17.3 Å². The van der Waals surface area contributed by atoms with E-state index >= 15 is 0 Å². The Morgan fingerprint density at radius 2 is 1.59 bits per heavy atom. The Morgan fingerprint density at radius 3 is 2.27 bits per heavy atom. The van der Waals surface area contributed by atoms with E-state index in [0.29, 0.717) is 41.2 Å². The molecule has 0 aromatic heterocycles. The largest absolute Gasteiger partial charge is 0.493 e. The van der Waals surface area contributed by atoms with Gasteiger partial charge in [-0.2, -0.15) is 0 Å². The first-order chi connectivity index (χ1) is 10.7. The normalized spacial score (nSPS) is 10.3. The van der Waals surface area contributed by atoms with Crippen molar-refractivity contribution in [2.24, 2.45) is 0 Å². The Morgan fingerprint density at radius 1 is 0.909 bits per heavy atom. The number of halogens is 1. The maximum atomic E-state index is 6.02. The summed E-state index contributed by atoms with van der Waals surface area (Å²) in [7, 11) is 1.60. The molecule has 22 heavy (non-hydrogen) atoms. The van der Waals surface area contributed by atoms with E-state index in [2.05, 4.69) is 0 Å². The van der Waals surface area contributed by atoms with Crippen LogP contribution in [-0.2, 0) is 0 Å². The summed E-state index contributed by atoms with van der Waals surface area (Å²) in [4.78, 5) is 0. The van der Waals surface area contributed by atoms with Gasteiger partial charge in [0, 0.05) is 11.8 Å². The molecule has 2 N–H and O–H groups in total. The van der Waals surface area contributed by atoms with Gasteiger partial charge in [0.25, 0.3) is 0 Å². The van der Waals surface area contributed by atoms with Gasteiger partial charge in [-0.05, 0) is 37.1 Å². The van der Waals surface area contributed by atoms with Gasteiger partial charge in [-0.25, -0.2) is 0 Å². The highest BCUT2D eigenvalue weighted by atomic mass is 35.5. The number of hydrogen-bond donors (Lipinski definition) is 1. The molecule has 118 valence electrons. The van der Waals surface area contributed by atoms with E-state index < -0.39 is 0 Å². The van der Waals surface area contributed by atoms with Gasteiger partial charge in [-0.15, -0.1) is 0 Å². The molecule has 0 heterocycles. The van der Waals surface area contributed by atoms with E-state index in [0.717, 1.165) is 12.8 Å². The van der Waals surface area contributed by atoms with E-state index in [1.165, 1.54) is 0 Å². The maximum absolute atomic E-state index is 6.02. The molecule has 2 rings (SSSR count). The van der Waals surface area contributed by atoms with Gasteiger partial charge in [-0.1, -0.05) is 23.7 Å². The summed E-state index contributed by atoms with van der Waals surface area (Å²) in [5.41, 5.74) is 6.35. The van der Waals surface area contributed by atoms with Crippen molar-refractivity contribution in [2.45, 2.75) is 12.8 Å². The number of rotatable bonds is 8. The minimum atomic E-state index is 0.589. The Kier molecular flexibility index (Phi) is 6.22. The van der Waals surface area contributed by atoms with Crippen LogP contribution >= 0.6 is 11.6 Å². The number of ether oxygens (including phenoxy) is 3. The topological polar surface area (TPSA) is 53.7 Å². The Balaban J connectivity index is 1.69. The van der Waals surface area contributed by atoms with E-state index in [1.807, 2.05) is 30.3 Å². The van der Waals surface area contributed by atoms with Gasteiger partial charge < -0.3 is 19.9 Å². The number of nitrogens with two attached hydrogens (primary N) is 1. The molecule has 2 aromatic carbocycles. The fourth-order valence-electron chi connectivity index (χ4n) is 1.93. The Bertz CT molecular complexity index is 604. The first-order valence-electron chi connectivity index (χ1n) is 7.14. The highest BCUT2D eigenvalue weighted by Crippen LogP contribution is 2.29. The van der Waals surface area contributed by atoms with Crippen LogP contribution in [0.25, 0.3) is 0 Å². The van der Waals surface area contributed by atoms with Crippen molar-refractivity contribution < 1.29 is 14.2 Å². The van der Waals surface area contributed by atoms with Crippen LogP contribution in [0.3, 0.4) is 0 Å². The lowest BCUT2D eigenvalue weighted by Crippen LogP contribution is -2.03. The SMILES string of the molecule is COc1cc(N)ccc1OCCCCOc1ccccc1Cl. The molecule has 0 aliphatic carbocycles. The molecule has 4 nitrogen and oxygen atoms in total. The molecule has 0 atom stereocenters. The zero-order valence-electron chi connectivity index (χ0n) is 12.5. The second-order valence-corrected chi connectivity index (χ2v) is 5.15. The summed E-state index contributed by atoms with van der Waals surface area (Å²) >= 11 is 6.02. The average Bonchev–Trinajstić information content (AvgIpc) is 2.53. The smallest absolute Gasteiger partial charge is 0.162 e. The third-order valence-corrected chi connectivity index (χ3v) is 3.39. The van der Waals surface area contributed by atoms with Crippen molar-refractivity contribution in [3.05, 3.63) is 47.5 Å². The molecule has 0 spiro atoms. The third kappa shape index (κ3) is 4.74. The zero-order chi connectivity index (χ0) is 15.8. The van der Waals surface area contributed by atoms with Crippen LogP contribution in [0.2, 0.25) is 5.02 Å². The number of para-hydroxylation sites is 1. The number of hydrogen-bond acceptors (Lipinski definition) is 4. The lowest BCUT2D eigenvalue weighted by atomic mass is 10.3. The minimum absolute atomic E-state index is 0.589. The maximum Gasteiger partial charge on any atom is 0.162 e. The second-order valence-electron chi connectivity index (χ2n) is 4.74. The summed E-state index contributed by atoms with van der Waals surface area (Å²) in [5.74, 6) is 2.06. The summed E-state index contributed by atoms with van der Waals surface area (Å²) in [5, 5.41) is 0.630. The van der Waals surface area contributed by atoms with Crippen LogP contribution in [0.15, 0.2) is 42.5 Å². The van der Waals surface area contributed by atoms with Crippen molar-refractivity contribution in [3.63, 3.8) is 0 Å². The molecule has 0 amide bonds. The zero-order valence-corrected chi connectivity index (χ0v) is 13.3. The highest BCUT2D eigenvalue weighted by molar-refractivity contribution is 6.32. The molecule has 0 saturated heterocycles. The molecule has 0 aliphatic heterocycles. The number of methoxy groups -OCH3 is 1. The number of nitrogen functional groups attached to an aromatic ring is 1. The number of benzene rings is 2. The van der Waals surface area contributed by atoms with Gasteiger partial charge >= 0.3 is 0 Å². The molecule has 0 saturated carbocycles. The van der Waals surface area contributed by atoms with Crippen molar-refractivity contribution in [1.29, 1.82) is 0 Å². The van der Waals surface area contributed by atoms with Crippen LogP contribution in [0, 0.1) is 0 Å². The van der Waals surface area contributed by atoms with Gasteiger partial charge in [0.05, 0.1) is 25.3 Å². The van der Waals surface area contributed by atoms with Crippen molar-refractivity contribution in [2.75, 3.05) is 26.1 Å². The lowest BCUT2D eigenvalue weighted by molar-refractivity contribution is 0.258. The fourth-order valence-corrected chi connectivity index (χ4v) is 2.12. The third-order valence-electron chi connectivity index (χ3n) is 3.08. The number of anilines is 1. The van der Waals surface area contributed by atoms with Gasteiger partial charge in [-0.3, -0.25) is 0 Å². The second kappa shape index (κ2) is 8.39. The molecule has 0 bridgehead atoms. The van der Waals surface area contributed by atoms with E-state index in [9.17, 15) is 0 Å². The number of unbranched alkanes of at least 4 members (excludes halogenated alkanes) is 1. The van der Waals surface area contributed by atoms with Gasteiger partial charge in [0.1, 0.15) is 5.75 Å². The molecule has 0 radical (unpaired) electrons. The standard InChI is InChI=1S/C17H20ClNO3/c1-20-17-12-13(19)8-9-16(17)22-11-5-4-10-21-15-7-3-2-6-14(15)18/h2-3,6-9,12H,4-5,10-11,19H2,1H3. The lowest BCUT2D eigenvalue weighted by Gasteiger charge is -2.11. The van der Waals surface area contributed by atoms with Crippen LogP contribution in [0.1, 0.15) is 12.8 Å². The minimum Gasteiger partial charge on any atom is -0.493 e. The van der Waals surface area contributed by atoms with Gasteiger partial charge in [0.2, 0.25) is 0 Å². The molecular weight excluding hydrogens is 302 g/mol. The highest BCUT2D eigenvalue weighted by Gasteiger charge is 2.04. The van der Waals surface area contributed by atoms with Gasteiger partial charge in [0.15, 0.2) is 11.5 Å². The fraction of sp³-hybridized carbons (Fsp3) is 0.294. The van der Waals surface area contributed by atoms with Crippen LogP contribution in [0.4, 0.5) is 5.69 Å². The summed E-state index contributed by atoms with van der Waals surface area (Å²) in [6.45, 7) is 1.19. The quantitative estimate of drug-likeness (QED) is 0.585. The first kappa shape index (κ1) is 16.3. The van der Waals surface area contributed by atoms with E-state index in [4.69, 9.17) is 31.5 Å². The van der Waals surface area contributed by atoms with Crippen LogP contribution < -0.4 is 19.9 Å². The molecule has 5 heteroatoms. The summed E-state index contributed by atoms with van der Waals surface area (Å²) < 4.78 is 16.5. The van der Waals surface area contributed by atoms with E-state index in [-0.39, 0.29) is 0 Å². The summed E-state index contributed by atoms with van der Waals surface area (Å²) in [6.07, 6.45) is 1.75. The predicted molar refractivity (Wildman–Crippen MR) is 89.1 cm³/mol. The van der Waals surface area contributed by atoms with Crippen molar-refractivity contribution in [3.8, 4) is 17.2 Å². The Hall–Kier alpha value is -2.07. The molecule has 0 unspecified atom stereocenters. The molecule has 0 aliphatic rings.